The SMILES string of the molecule is C[C@@H](O)[C@H](NC(=O)[C@@H](N)CCCCN)C(=O)N[C@@H](CO)C(=O)N[C@@H](CO)C(=O)N[C@@H](Cc1cnc[nH]1)C(=O)N[C@@H](CC(N)=O)C(=O)N[C@@H](CCC(N)=O)C(=O)O. The van der Waals surface area contributed by atoms with Gasteiger partial charge in [-0.15, -0.1) is 0 Å². The van der Waals surface area contributed by atoms with E-state index in [0.717, 1.165) is 0 Å². The van der Waals surface area contributed by atoms with Crippen LogP contribution in [0.25, 0.3) is 0 Å². The van der Waals surface area contributed by atoms with Gasteiger partial charge >= 0.3 is 5.97 Å². The molecule has 25 heteroatoms. The second-order valence-electron chi connectivity index (χ2n) is 12.6. The van der Waals surface area contributed by atoms with Crippen molar-refractivity contribution in [3.8, 4) is 0 Å². The number of imidazole rings is 1. The number of nitrogens with two attached hydrogens (primary N) is 4. The van der Waals surface area contributed by atoms with Gasteiger partial charge in [-0.2, -0.15) is 0 Å². The van der Waals surface area contributed by atoms with Crippen molar-refractivity contribution in [1.82, 2.24) is 41.9 Å². The molecule has 0 saturated heterocycles. The Labute approximate surface area is 319 Å². The van der Waals surface area contributed by atoms with Crippen LogP contribution in [-0.2, 0) is 49.6 Å². The Morgan fingerprint density at radius 2 is 1.23 bits per heavy atom. The highest BCUT2D eigenvalue weighted by atomic mass is 16.4. The van der Waals surface area contributed by atoms with Crippen LogP contribution in [0.1, 0.15) is 51.1 Å². The highest BCUT2D eigenvalue weighted by Crippen LogP contribution is 2.06. The summed E-state index contributed by atoms with van der Waals surface area (Å²) in [6.07, 6.45) is 0.289. The highest BCUT2D eigenvalue weighted by Gasteiger charge is 2.35. The molecule has 0 saturated carbocycles. The van der Waals surface area contributed by atoms with Gasteiger partial charge in [-0.3, -0.25) is 38.4 Å². The Hall–Kier alpha value is -5.76. The topological polar surface area (TPSA) is 439 Å². The second-order valence-corrected chi connectivity index (χ2v) is 12.6. The number of aromatic amines is 1. The van der Waals surface area contributed by atoms with Gasteiger partial charge in [0, 0.05) is 24.7 Å². The second kappa shape index (κ2) is 24.6. The van der Waals surface area contributed by atoms with Gasteiger partial charge < -0.3 is 80.2 Å². The number of amides is 8. The summed E-state index contributed by atoms with van der Waals surface area (Å²) in [4.78, 5) is 119. The van der Waals surface area contributed by atoms with Crippen LogP contribution in [-0.4, -0.2) is 152 Å². The molecule has 0 bridgehead atoms. The van der Waals surface area contributed by atoms with Gasteiger partial charge in [0.05, 0.1) is 38.1 Å². The van der Waals surface area contributed by atoms with Crippen LogP contribution in [0.5, 0.6) is 0 Å². The number of aliphatic hydroxyl groups excluding tert-OH is 3. The number of aliphatic hydroxyl groups is 3. The number of H-pyrrole nitrogens is 1. The third-order valence-electron chi connectivity index (χ3n) is 7.94. The van der Waals surface area contributed by atoms with Crippen molar-refractivity contribution < 1.29 is 63.6 Å². The van der Waals surface area contributed by atoms with Gasteiger partial charge in [0.25, 0.3) is 0 Å². The van der Waals surface area contributed by atoms with Crippen molar-refractivity contribution in [2.75, 3.05) is 19.8 Å². The minimum atomic E-state index is -1.84. The number of nitrogens with zero attached hydrogens (tertiary/aromatic N) is 1. The maximum absolute atomic E-state index is 13.5. The van der Waals surface area contributed by atoms with E-state index in [0.29, 0.717) is 19.4 Å². The van der Waals surface area contributed by atoms with Crippen LogP contribution in [0, 0.1) is 0 Å². The lowest BCUT2D eigenvalue weighted by Gasteiger charge is -2.27. The third kappa shape index (κ3) is 17.1. The molecule has 0 aliphatic rings. The van der Waals surface area contributed by atoms with Crippen molar-refractivity contribution in [3.63, 3.8) is 0 Å². The number of nitrogens with one attached hydrogen (secondary N) is 7. The van der Waals surface area contributed by atoms with Gasteiger partial charge in [-0.1, -0.05) is 6.42 Å². The zero-order chi connectivity index (χ0) is 42.5. The number of carboxylic acids is 1. The molecule has 0 aliphatic carbocycles. The number of rotatable bonds is 27. The lowest BCUT2D eigenvalue weighted by molar-refractivity contribution is -0.142. The van der Waals surface area contributed by atoms with Crippen LogP contribution in [0.4, 0.5) is 0 Å². The van der Waals surface area contributed by atoms with Gasteiger partial charge in [0.2, 0.25) is 47.3 Å². The predicted molar refractivity (Wildman–Crippen MR) is 190 cm³/mol. The van der Waals surface area contributed by atoms with Gasteiger partial charge in [-0.25, -0.2) is 9.78 Å². The van der Waals surface area contributed by atoms with Crippen LogP contribution in [0.15, 0.2) is 12.5 Å². The number of hydrogen-bond donors (Lipinski definition) is 15. The quantitative estimate of drug-likeness (QED) is 0.0367. The lowest BCUT2D eigenvalue weighted by atomic mass is 10.1. The van der Waals surface area contributed by atoms with Crippen LogP contribution in [0.3, 0.4) is 0 Å². The van der Waals surface area contributed by atoms with E-state index < -0.39 is 134 Å². The van der Waals surface area contributed by atoms with Crippen molar-refractivity contribution in [2.24, 2.45) is 22.9 Å². The summed E-state index contributed by atoms with van der Waals surface area (Å²) in [5.41, 5.74) is 21.8. The monoisotopic (exact) mass is 800 g/mol. The molecule has 1 aromatic rings. The number of aliphatic carboxylic acids is 1. The predicted octanol–water partition coefficient (Wildman–Crippen LogP) is -8.09. The standard InChI is InChI=1S/C31H52N12O13/c1-14(46)24(43-25(49)16(33)4-2-3-7-32)30(54)42-21(12-45)29(53)41-20(11-44)28(52)39-18(8-15-10-36-13-37-15)26(50)40-19(9-23(35)48)27(51)38-17(31(55)56)5-6-22(34)47/h10,13-14,16-21,24,44-46H,2-9,11-12,32-33H2,1H3,(H2,34,47)(H2,35,48)(H,36,37)(H,38,51)(H,39,52)(H,40,50)(H,41,53)(H,42,54)(H,43,49)(H,55,56)/t14-,16+,17+,18+,19+,20+,21+,24+/m1/s1. The summed E-state index contributed by atoms with van der Waals surface area (Å²) in [6, 6.07) is -11.4. The lowest BCUT2D eigenvalue weighted by Crippen LogP contribution is -2.62. The fourth-order valence-corrected chi connectivity index (χ4v) is 4.82. The van der Waals surface area contributed by atoms with E-state index in [4.69, 9.17) is 22.9 Å². The number of primary amides is 2. The van der Waals surface area contributed by atoms with Crippen molar-refractivity contribution in [1.29, 1.82) is 0 Å². The van der Waals surface area contributed by atoms with E-state index in [2.05, 4.69) is 41.9 Å². The van der Waals surface area contributed by atoms with E-state index in [9.17, 15) is 63.6 Å². The normalized spacial score (nSPS) is 15.2. The van der Waals surface area contributed by atoms with E-state index in [1.54, 1.807) is 0 Å². The van der Waals surface area contributed by atoms with E-state index in [1.165, 1.54) is 19.4 Å². The van der Waals surface area contributed by atoms with Crippen molar-refractivity contribution in [3.05, 3.63) is 18.2 Å². The summed E-state index contributed by atoms with van der Waals surface area (Å²) < 4.78 is 0. The Kier molecular flexibility index (Phi) is 21.2. The van der Waals surface area contributed by atoms with E-state index in [-0.39, 0.29) is 18.5 Å². The average Bonchev–Trinajstić information content (AvgIpc) is 3.65. The summed E-state index contributed by atoms with van der Waals surface area (Å²) in [5, 5.41) is 52.5. The fourth-order valence-electron chi connectivity index (χ4n) is 4.82. The first-order valence-corrected chi connectivity index (χ1v) is 17.3. The Balaban J connectivity index is 3.15. The number of carboxylic acid groups (broad SMARTS) is 1. The summed E-state index contributed by atoms with van der Waals surface area (Å²) in [6.45, 7) is -0.611. The first kappa shape index (κ1) is 48.3. The zero-order valence-corrected chi connectivity index (χ0v) is 30.6. The van der Waals surface area contributed by atoms with Crippen LogP contribution >= 0.6 is 0 Å². The highest BCUT2D eigenvalue weighted by molar-refractivity contribution is 5.98. The molecule has 0 radical (unpaired) electrons. The molecule has 0 spiro atoms. The molecule has 0 aliphatic heterocycles. The molecule has 0 unspecified atom stereocenters. The van der Waals surface area contributed by atoms with Crippen LogP contribution in [0.2, 0.25) is 0 Å². The molecule has 56 heavy (non-hydrogen) atoms. The first-order chi connectivity index (χ1) is 26.3. The molecule has 0 aromatic carbocycles. The molecular weight excluding hydrogens is 748 g/mol. The number of carbonyl (C=O) groups excluding carboxylic acids is 8. The fraction of sp³-hybridized carbons (Fsp3) is 0.613. The third-order valence-corrected chi connectivity index (χ3v) is 7.94. The van der Waals surface area contributed by atoms with Gasteiger partial charge in [0.1, 0.15) is 36.3 Å². The number of carbonyl (C=O) groups is 9. The minimum absolute atomic E-state index is 0.226. The number of aromatic nitrogens is 2. The Morgan fingerprint density at radius 3 is 1.71 bits per heavy atom. The molecule has 1 rings (SSSR count). The first-order valence-electron chi connectivity index (χ1n) is 17.3. The van der Waals surface area contributed by atoms with Crippen molar-refractivity contribution in [2.45, 2.75) is 100 Å². The van der Waals surface area contributed by atoms with Gasteiger partial charge in [0.15, 0.2) is 0 Å². The number of unbranched alkanes of at least 4 members (excludes halogenated alkanes) is 1. The maximum Gasteiger partial charge on any atom is 0.326 e. The molecule has 0 fully saturated rings. The molecule has 8 atom stereocenters. The molecule has 1 aromatic heterocycles. The Bertz CT molecular complexity index is 1510. The largest absolute Gasteiger partial charge is 0.480 e. The maximum atomic E-state index is 13.5. The minimum Gasteiger partial charge on any atom is -0.480 e. The number of hydrogen-bond acceptors (Lipinski definition) is 15. The molecule has 8 amide bonds. The smallest absolute Gasteiger partial charge is 0.326 e. The summed E-state index contributed by atoms with van der Waals surface area (Å²) in [7, 11) is 0. The van der Waals surface area contributed by atoms with E-state index >= 15 is 0 Å². The molecule has 314 valence electrons. The Morgan fingerprint density at radius 1 is 0.714 bits per heavy atom. The summed E-state index contributed by atoms with van der Waals surface area (Å²) in [5.74, 6) is -10.2. The average molecular weight is 801 g/mol. The zero-order valence-electron chi connectivity index (χ0n) is 30.6. The molecule has 1 heterocycles. The van der Waals surface area contributed by atoms with Crippen LogP contribution < -0.4 is 54.8 Å². The van der Waals surface area contributed by atoms with Gasteiger partial charge in [-0.05, 0) is 32.7 Å². The van der Waals surface area contributed by atoms with Crippen molar-refractivity contribution >= 4 is 53.2 Å². The molecule has 25 nitrogen and oxygen atoms in total. The summed E-state index contributed by atoms with van der Waals surface area (Å²) >= 11 is 0. The molecular formula is C31H52N12O13. The molecule has 19 N–H and O–H groups in total. The van der Waals surface area contributed by atoms with E-state index in [1.807, 2.05) is 0 Å².